The van der Waals surface area contributed by atoms with Gasteiger partial charge in [0.25, 0.3) is 0 Å². The van der Waals surface area contributed by atoms with Gasteiger partial charge in [-0.1, -0.05) is 23.2 Å². The van der Waals surface area contributed by atoms with Crippen molar-refractivity contribution in [1.29, 1.82) is 5.26 Å². The molecule has 0 fully saturated rings. The van der Waals surface area contributed by atoms with Crippen LogP contribution in [-0.4, -0.2) is 15.3 Å². The van der Waals surface area contributed by atoms with Crippen LogP contribution in [0.1, 0.15) is 5.69 Å². The molecule has 0 unspecified atom stereocenters. The van der Waals surface area contributed by atoms with Crippen LogP contribution in [-0.2, 0) is 0 Å². The summed E-state index contributed by atoms with van der Waals surface area (Å²) in [6.45, 7) is 0. The van der Waals surface area contributed by atoms with E-state index in [0.717, 1.165) is 12.1 Å². The van der Waals surface area contributed by atoms with Gasteiger partial charge in [0.2, 0.25) is 0 Å². The summed E-state index contributed by atoms with van der Waals surface area (Å²) in [5.74, 6) is 0. The lowest BCUT2D eigenvalue weighted by molar-refractivity contribution is -0.0328. The van der Waals surface area contributed by atoms with Crippen LogP contribution in [0.4, 0.5) is 13.2 Å². The first-order valence-corrected chi connectivity index (χ1v) is 6.58. The van der Waals surface area contributed by atoms with E-state index in [1.807, 2.05) is 6.07 Å². The van der Waals surface area contributed by atoms with Gasteiger partial charge >= 0.3 is 5.51 Å². The number of benzene rings is 1. The molecular weight excluding hydrogens is 334 g/mol. The number of hydrogen-bond acceptors (Lipinski definition) is 3. The minimum absolute atomic E-state index is 0.0110. The van der Waals surface area contributed by atoms with Crippen LogP contribution in [0, 0.1) is 11.3 Å². The second-order valence-electron chi connectivity index (χ2n) is 3.54. The molecule has 0 aliphatic heterocycles. The minimum atomic E-state index is -4.42. The molecule has 0 N–H and O–H groups in total. The topological polar surface area (TPSA) is 41.6 Å². The summed E-state index contributed by atoms with van der Waals surface area (Å²) < 4.78 is 38.1. The van der Waals surface area contributed by atoms with Crippen molar-refractivity contribution in [2.24, 2.45) is 0 Å². The monoisotopic (exact) mass is 337 g/mol. The number of rotatable bonds is 2. The molecule has 2 rings (SSSR count). The Kier molecular flexibility index (Phi) is 4.18. The van der Waals surface area contributed by atoms with Gasteiger partial charge < -0.3 is 0 Å². The van der Waals surface area contributed by atoms with Crippen molar-refractivity contribution in [2.45, 2.75) is 10.4 Å². The summed E-state index contributed by atoms with van der Waals surface area (Å²) in [5, 5.41) is 12.6. The molecule has 2 aromatic rings. The molecule has 104 valence electrons. The number of hydrogen-bond donors (Lipinski definition) is 0. The van der Waals surface area contributed by atoms with E-state index in [0.29, 0.717) is 0 Å². The standard InChI is InChI=1S/C11H4Cl2F3N3S/c12-8-3-7(20-11(14,15)16)4-9(13)10(8)19-2-1-6(5-17)18-19/h1-4H. The fourth-order valence-corrected chi connectivity index (χ4v) is 2.87. The summed E-state index contributed by atoms with van der Waals surface area (Å²) >= 11 is 11.6. The fraction of sp³-hybridized carbons (Fsp3) is 0.0909. The molecule has 1 aromatic carbocycles. The Hall–Kier alpha value is -1.36. The van der Waals surface area contributed by atoms with Crippen LogP contribution in [0.5, 0.6) is 0 Å². The van der Waals surface area contributed by atoms with Gasteiger partial charge in [-0.25, -0.2) is 4.68 Å². The molecule has 0 atom stereocenters. The smallest absolute Gasteiger partial charge is 0.237 e. The van der Waals surface area contributed by atoms with Gasteiger partial charge in [0.15, 0.2) is 5.69 Å². The van der Waals surface area contributed by atoms with Gasteiger partial charge in [0.1, 0.15) is 11.8 Å². The highest BCUT2D eigenvalue weighted by Crippen LogP contribution is 2.41. The van der Waals surface area contributed by atoms with Crippen molar-refractivity contribution in [1.82, 2.24) is 9.78 Å². The highest BCUT2D eigenvalue weighted by molar-refractivity contribution is 8.00. The lowest BCUT2D eigenvalue weighted by atomic mass is 10.3. The van der Waals surface area contributed by atoms with Crippen LogP contribution in [0.15, 0.2) is 29.3 Å². The van der Waals surface area contributed by atoms with Crippen LogP contribution in [0.25, 0.3) is 5.69 Å². The normalized spacial score (nSPS) is 11.4. The van der Waals surface area contributed by atoms with E-state index in [4.69, 9.17) is 28.5 Å². The van der Waals surface area contributed by atoms with Crippen molar-refractivity contribution in [3.05, 3.63) is 40.1 Å². The molecular formula is C11H4Cl2F3N3S. The fourth-order valence-electron chi connectivity index (χ4n) is 1.46. The second kappa shape index (κ2) is 5.56. The van der Waals surface area contributed by atoms with Gasteiger partial charge in [0, 0.05) is 11.1 Å². The molecule has 0 saturated carbocycles. The summed E-state index contributed by atoms with van der Waals surface area (Å²) in [5.41, 5.74) is -4.05. The van der Waals surface area contributed by atoms with E-state index < -0.39 is 5.51 Å². The SMILES string of the molecule is N#Cc1ccn(-c2c(Cl)cc(SC(F)(F)F)cc2Cl)n1. The summed E-state index contributed by atoms with van der Waals surface area (Å²) in [7, 11) is 0. The molecule has 1 aromatic heterocycles. The molecule has 20 heavy (non-hydrogen) atoms. The van der Waals surface area contributed by atoms with E-state index in [1.54, 1.807) is 0 Å². The zero-order valence-electron chi connectivity index (χ0n) is 9.45. The maximum Gasteiger partial charge on any atom is 0.446 e. The predicted octanol–water partition coefficient (Wildman–Crippen LogP) is 4.66. The number of alkyl halides is 3. The third-order valence-corrected chi connectivity index (χ3v) is 3.44. The average molecular weight is 338 g/mol. The number of thioether (sulfide) groups is 1. The maximum absolute atomic E-state index is 12.3. The minimum Gasteiger partial charge on any atom is -0.237 e. The van der Waals surface area contributed by atoms with Gasteiger partial charge in [-0.3, -0.25) is 0 Å². The largest absolute Gasteiger partial charge is 0.446 e. The zero-order chi connectivity index (χ0) is 14.9. The Morgan fingerprint density at radius 1 is 1.25 bits per heavy atom. The molecule has 0 aliphatic rings. The molecule has 1 heterocycles. The lowest BCUT2D eigenvalue weighted by Gasteiger charge is -2.11. The van der Waals surface area contributed by atoms with E-state index >= 15 is 0 Å². The third-order valence-electron chi connectivity index (χ3n) is 2.16. The van der Waals surface area contributed by atoms with Crippen LogP contribution in [0.2, 0.25) is 10.0 Å². The van der Waals surface area contributed by atoms with Crippen molar-refractivity contribution < 1.29 is 13.2 Å². The Morgan fingerprint density at radius 3 is 2.30 bits per heavy atom. The molecule has 0 saturated heterocycles. The molecule has 0 bridgehead atoms. The van der Waals surface area contributed by atoms with Gasteiger partial charge in [-0.05, 0) is 30.0 Å². The highest BCUT2D eigenvalue weighted by atomic mass is 35.5. The summed E-state index contributed by atoms with van der Waals surface area (Å²) in [4.78, 5) is -0.121. The van der Waals surface area contributed by atoms with Crippen molar-refractivity contribution in [3.63, 3.8) is 0 Å². The zero-order valence-corrected chi connectivity index (χ0v) is 11.8. The Balaban J connectivity index is 2.44. The highest BCUT2D eigenvalue weighted by Gasteiger charge is 2.30. The van der Waals surface area contributed by atoms with Crippen LogP contribution < -0.4 is 0 Å². The van der Waals surface area contributed by atoms with Gasteiger partial charge in [-0.15, -0.1) is 0 Å². The Labute approximate surface area is 125 Å². The number of nitrogens with zero attached hydrogens (tertiary/aromatic N) is 3. The van der Waals surface area contributed by atoms with E-state index in [9.17, 15) is 13.2 Å². The lowest BCUT2D eigenvalue weighted by Crippen LogP contribution is -2.01. The Morgan fingerprint density at radius 2 is 1.85 bits per heavy atom. The molecule has 0 spiro atoms. The first-order valence-electron chi connectivity index (χ1n) is 5.01. The second-order valence-corrected chi connectivity index (χ2v) is 5.49. The van der Waals surface area contributed by atoms with Crippen LogP contribution >= 0.6 is 35.0 Å². The Bertz CT molecular complexity index is 668. The van der Waals surface area contributed by atoms with Crippen LogP contribution in [0.3, 0.4) is 0 Å². The molecule has 9 heteroatoms. The molecule has 0 radical (unpaired) electrons. The first kappa shape index (κ1) is 15.0. The quantitative estimate of drug-likeness (QED) is 0.748. The van der Waals surface area contributed by atoms with E-state index in [1.165, 1.54) is 16.9 Å². The third kappa shape index (κ3) is 3.39. The van der Waals surface area contributed by atoms with Crippen molar-refractivity contribution in [3.8, 4) is 11.8 Å². The van der Waals surface area contributed by atoms with Crippen molar-refractivity contribution >= 4 is 35.0 Å². The summed E-state index contributed by atoms with van der Waals surface area (Å²) in [6.07, 6.45) is 1.45. The molecule has 0 amide bonds. The molecule has 0 aliphatic carbocycles. The number of halogens is 5. The predicted molar refractivity (Wildman–Crippen MR) is 70.2 cm³/mol. The first-order chi connectivity index (χ1) is 9.30. The summed E-state index contributed by atoms with van der Waals surface area (Å²) in [6, 6.07) is 5.56. The van der Waals surface area contributed by atoms with Crippen molar-refractivity contribution in [2.75, 3.05) is 0 Å². The number of nitriles is 1. The number of aromatic nitrogens is 2. The van der Waals surface area contributed by atoms with E-state index in [2.05, 4.69) is 5.10 Å². The van der Waals surface area contributed by atoms with Gasteiger partial charge in [-0.2, -0.15) is 23.5 Å². The molecule has 3 nitrogen and oxygen atoms in total. The average Bonchev–Trinajstić information content (AvgIpc) is 2.74. The maximum atomic E-state index is 12.3. The van der Waals surface area contributed by atoms with Gasteiger partial charge in [0.05, 0.1) is 10.0 Å². The van der Waals surface area contributed by atoms with E-state index in [-0.39, 0.29) is 38.1 Å².